The molecule has 0 saturated carbocycles. The lowest BCUT2D eigenvalue weighted by Crippen LogP contribution is -2.06. The molecule has 0 unspecified atom stereocenters. The molecule has 0 bridgehead atoms. The van der Waals surface area contributed by atoms with Gasteiger partial charge in [-0.1, -0.05) is 0 Å². The number of benzene rings is 1. The van der Waals surface area contributed by atoms with Crippen molar-refractivity contribution in [1.29, 1.82) is 0 Å². The fraction of sp³-hybridized carbons (Fsp3) is 0.111. The predicted octanol–water partition coefficient (Wildman–Crippen LogP) is 3.16. The summed E-state index contributed by atoms with van der Waals surface area (Å²) in [6.45, 7) is 1.55. The van der Waals surface area contributed by atoms with Crippen molar-refractivity contribution in [2.24, 2.45) is 0 Å². The minimum atomic E-state index is -0.576. The van der Waals surface area contributed by atoms with Gasteiger partial charge < -0.3 is 18.7 Å². The van der Waals surface area contributed by atoms with Gasteiger partial charge in [0.15, 0.2) is 0 Å². The average molecular weight is 326 g/mol. The van der Waals surface area contributed by atoms with Gasteiger partial charge in [-0.05, 0) is 37.3 Å². The molecule has 0 aliphatic carbocycles. The number of fused-ring (bicyclic) bond motifs is 1. The molecular weight excluding hydrogens is 312 g/mol. The van der Waals surface area contributed by atoms with E-state index in [1.165, 1.54) is 30.5 Å². The highest BCUT2D eigenvalue weighted by Crippen LogP contribution is 2.27. The molecule has 3 aromatic rings. The van der Waals surface area contributed by atoms with Crippen LogP contribution in [0, 0.1) is 6.92 Å². The van der Waals surface area contributed by atoms with E-state index < -0.39 is 11.6 Å². The first-order chi connectivity index (χ1) is 11.5. The second-order valence-electron chi connectivity index (χ2n) is 5.13. The van der Waals surface area contributed by atoms with Gasteiger partial charge in [0.2, 0.25) is 0 Å². The second kappa shape index (κ2) is 6.45. The topological polar surface area (TPSA) is 89.9 Å². The van der Waals surface area contributed by atoms with Gasteiger partial charge in [-0.3, -0.25) is 0 Å². The first-order valence-corrected chi connectivity index (χ1v) is 7.18. The van der Waals surface area contributed by atoms with Crippen LogP contribution in [0.25, 0.3) is 17.0 Å². The fourth-order valence-corrected chi connectivity index (χ4v) is 2.27. The molecule has 1 N–H and O–H groups in total. The van der Waals surface area contributed by atoms with Crippen LogP contribution in [0.2, 0.25) is 0 Å². The standard InChI is InChI=1S/C18H14O6/c1-11-15(19)6-5-14-12(9-17(21)24-18(11)14)10-23-16(20)7-4-13-3-2-8-22-13/h2-9,19H,10H2,1H3/b7-4+. The van der Waals surface area contributed by atoms with Crippen molar-refractivity contribution in [2.45, 2.75) is 13.5 Å². The van der Waals surface area contributed by atoms with E-state index >= 15 is 0 Å². The number of carbonyl (C=O) groups is 1. The van der Waals surface area contributed by atoms with Gasteiger partial charge in [0.25, 0.3) is 0 Å². The van der Waals surface area contributed by atoms with E-state index in [-0.39, 0.29) is 17.9 Å². The third kappa shape index (κ3) is 3.22. The van der Waals surface area contributed by atoms with Crippen molar-refractivity contribution < 1.29 is 23.5 Å². The number of ether oxygens (including phenoxy) is 1. The summed E-state index contributed by atoms with van der Waals surface area (Å²) in [5, 5.41) is 10.3. The molecule has 3 rings (SSSR count). The van der Waals surface area contributed by atoms with Crippen LogP contribution in [-0.4, -0.2) is 11.1 Å². The lowest BCUT2D eigenvalue weighted by molar-refractivity contribution is -0.138. The molecule has 0 amide bonds. The average Bonchev–Trinajstić information content (AvgIpc) is 3.08. The Labute approximate surface area is 136 Å². The maximum Gasteiger partial charge on any atom is 0.336 e. The SMILES string of the molecule is Cc1c(O)ccc2c(COC(=O)/C=C/c3ccco3)cc(=O)oc12. The highest BCUT2D eigenvalue weighted by molar-refractivity contribution is 5.87. The molecule has 0 atom stereocenters. The number of hydrogen-bond acceptors (Lipinski definition) is 6. The van der Waals surface area contributed by atoms with Crippen molar-refractivity contribution in [1.82, 2.24) is 0 Å². The van der Waals surface area contributed by atoms with Crippen molar-refractivity contribution in [3.8, 4) is 5.75 Å². The molecule has 6 heteroatoms. The van der Waals surface area contributed by atoms with Crippen molar-refractivity contribution in [3.05, 3.63) is 70.0 Å². The molecule has 0 aliphatic heterocycles. The zero-order valence-corrected chi connectivity index (χ0v) is 12.8. The third-order valence-corrected chi connectivity index (χ3v) is 3.51. The Morgan fingerprint density at radius 1 is 1.33 bits per heavy atom. The Morgan fingerprint density at radius 3 is 2.92 bits per heavy atom. The maximum absolute atomic E-state index is 11.8. The van der Waals surface area contributed by atoms with Crippen LogP contribution in [0.3, 0.4) is 0 Å². The quantitative estimate of drug-likeness (QED) is 0.450. The molecule has 2 aromatic heterocycles. The highest BCUT2D eigenvalue weighted by Gasteiger charge is 2.11. The van der Waals surface area contributed by atoms with Crippen LogP contribution in [0.1, 0.15) is 16.9 Å². The Hall–Kier alpha value is -3.28. The highest BCUT2D eigenvalue weighted by atomic mass is 16.5. The Kier molecular flexibility index (Phi) is 4.20. The number of hydrogen-bond donors (Lipinski definition) is 1. The van der Waals surface area contributed by atoms with E-state index in [0.717, 1.165) is 0 Å². The van der Waals surface area contributed by atoms with E-state index in [1.807, 2.05) is 0 Å². The maximum atomic E-state index is 11.8. The zero-order valence-electron chi connectivity index (χ0n) is 12.8. The summed E-state index contributed by atoms with van der Waals surface area (Å²) in [6.07, 6.45) is 4.23. The van der Waals surface area contributed by atoms with Crippen LogP contribution in [0.15, 0.2) is 56.3 Å². The molecule has 0 saturated heterocycles. The summed E-state index contributed by atoms with van der Waals surface area (Å²) in [7, 11) is 0. The number of phenolic OH excluding ortho intramolecular Hbond substituents is 1. The minimum Gasteiger partial charge on any atom is -0.508 e. The molecule has 0 fully saturated rings. The van der Waals surface area contributed by atoms with Crippen molar-refractivity contribution in [3.63, 3.8) is 0 Å². The molecule has 24 heavy (non-hydrogen) atoms. The van der Waals surface area contributed by atoms with Gasteiger partial charge in [0.1, 0.15) is 23.7 Å². The predicted molar refractivity (Wildman–Crippen MR) is 86.4 cm³/mol. The Bertz CT molecular complexity index is 963. The summed E-state index contributed by atoms with van der Waals surface area (Å²) in [5.41, 5.74) is 0.660. The summed E-state index contributed by atoms with van der Waals surface area (Å²) >= 11 is 0. The van der Waals surface area contributed by atoms with E-state index in [9.17, 15) is 14.7 Å². The smallest absolute Gasteiger partial charge is 0.336 e. The van der Waals surface area contributed by atoms with E-state index in [4.69, 9.17) is 13.6 Å². The van der Waals surface area contributed by atoms with Gasteiger partial charge >= 0.3 is 11.6 Å². The van der Waals surface area contributed by atoms with Crippen molar-refractivity contribution in [2.75, 3.05) is 0 Å². The monoisotopic (exact) mass is 326 g/mol. The molecule has 2 heterocycles. The van der Waals surface area contributed by atoms with E-state index in [2.05, 4.69) is 0 Å². The molecule has 0 aliphatic rings. The van der Waals surface area contributed by atoms with Crippen LogP contribution >= 0.6 is 0 Å². The number of carbonyl (C=O) groups excluding carboxylic acids is 1. The number of rotatable bonds is 4. The fourth-order valence-electron chi connectivity index (χ4n) is 2.27. The largest absolute Gasteiger partial charge is 0.508 e. The number of aromatic hydroxyl groups is 1. The first-order valence-electron chi connectivity index (χ1n) is 7.18. The summed E-state index contributed by atoms with van der Waals surface area (Å²) in [5.74, 6) is -0.00618. The lowest BCUT2D eigenvalue weighted by Gasteiger charge is -2.08. The van der Waals surface area contributed by atoms with Gasteiger partial charge in [0, 0.05) is 28.7 Å². The lowest BCUT2D eigenvalue weighted by atomic mass is 10.1. The summed E-state index contributed by atoms with van der Waals surface area (Å²) < 4.78 is 15.4. The van der Waals surface area contributed by atoms with Gasteiger partial charge in [-0.2, -0.15) is 0 Å². The molecular formula is C18H14O6. The van der Waals surface area contributed by atoms with E-state index in [0.29, 0.717) is 22.3 Å². The van der Waals surface area contributed by atoms with Crippen LogP contribution in [-0.2, 0) is 16.1 Å². The first kappa shape index (κ1) is 15.6. The van der Waals surface area contributed by atoms with Gasteiger partial charge in [0.05, 0.1) is 6.26 Å². The van der Waals surface area contributed by atoms with E-state index in [1.54, 1.807) is 25.1 Å². The second-order valence-corrected chi connectivity index (χ2v) is 5.13. The Morgan fingerprint density at radius 2 is 2.17 bits per heavy atom. The van der Waals surface area contributed by atoms with Gasteiger partial charge in [-0.15, -0.1) is 0 Å². The molecule has 0 radical (unpaired) electrons. The summed E-state index contributed by atoms with van der Waals surface area (Å²) in [4.78, 5) is 23.4. The zero-order chi connectivity index (χ0) is 17.1. The molecule has 122 valence electrons. The molecule has 1 aromatic carbocycles. The number of aryl methyl sites for hydroxylation is 1. The van der Waals surface area contributed by atoms with Crippen LogP contribution in [0.4, 0.5) is 0 Å². The molecule has 6 nitrogen and oxygen atoms in total. The van der Waals surface area contributed by atoms with Crippen LogP contribution < -0.4 is 5.63 Å². The number of furan rings is 1. The summed E-state index contributed by atoms with van der Waals surface area (Å²) in [6, 6.07) is 7.79. The Balaban J connectivity index is 1.81. The third-order valence-electron chi connectivity index (χ3n) is 3.51. The van der Waals surface area contributed by atoms with Crippen molar-refractivity contribution >= 4 is 23.0 Å². The minimum absolute atomic E-state index is 0.0289. The number of esters is 1. The van der Waals surface area contributed by atoms with Gasteiger partial charge in [-0.25, -0.2) is 9.59 Å². The molecule has 0 spiro atoms. The van der Waals surface area contributed by atoms with Crippen LogP contribution in [0.5, 0.6) is 5.75 Å². The number of phenols is 1. The normalized spacial score (nSPS) is 11.2.